The SMILES string of the molecule is CC(=O)N(CC(=O)N(C)c1cc2nc(-c3n[nH]c4c3C[C@@H]3C[C@]3(C)C4)[nH]c2cc1C)C(C)C. The maximum atomic E-state index is 13.0. The van der Waals surface area contributed by atoms with Gasteiger partial charge in [-0.15, -0.1) is 0 Å². The molecule has 3 aromatic rings. The van der Waals surface area contributed by atoms with Crippen molar-refractivity contribution in [1.29, 1.82) is 0 Å². The molecular formula is C25H32N6O2. The Labute approximate surface area is 193 Å². The van der Waals surface area contributed by atoms with Gasteiger partial charge >= 0.3 is 0 Å². The van der Waals surface area contributed by atoms with E-state index in [1.807, 2.05) is 32.9 Å². The molecule has 2 aromatic heterocycles. The van der Waals surface area contributed by atoms with E-state index in [1.54, 1.807) is 16.8 Å². The van der Waals surface area contributed by atoms with Gasteiger partial charge in [-0.1, -0.05) is 6.92 Å². The fourth-order valence-corrected chi connectivity index (χ4v) is 5.32. The van der Waals surface area contributed by atoms with Crippen LogP contribution in [0.25, 0.3) is 22.6 Å². The second-order valence-electron chi connectivity index (χ2n) is 10.4. The zero-order valence-electron chi connectivity index (χ0n) is 20.2. The van der Waals surface area contributed by atoms with Gasteiger partial charge in [0.25, 0.3) is 0 Å². The van der Waals surface area contributed by atoms with Crippen molar-refractivity contribution >= 4 is 28.5 Å². The molecule has 0 unspecified atom stereocenters. The molecule has 2 N–H and O–H groups in total. The van der Waals surface area contributed by atoms with Crippen molar-refractivity contribution in [1.82, 2.24) is 25.1 Å². The van der Waals surface area contributed by atoms with Crippen LogP contribution in [-0.2, 0) is 22.4 Å². The van der Waals surface area contributed by atoms with Crippen molar-refractivity contribution < 1.29 is 9.59 Å². The van der Waals surface area contributed by atoms with Crippen molar-refractivity contribution in [2.24, 2.45) is 11.3 Å². The third kappa shape index (κ3) is 3.61. The first-order valence-corrected chi connectivity index (χ1v) is 11.7. The summed E-state index contributed by atoms with van der Waals surface area (Å²) < 4.78 is 0. The van der Waals surface area contributed by atoms with Gasteiger partial charge < -0.3 is 14.8 Å². The van der Waals surface area contributed by atoms with Crippen LogP contribution in [0.4, 0.5) is 5.69 Å². The van der Waals surface area contributed by atoms with E-state index >= 15 is 0 Å². The van der Waals surface area contributed by atoms with Gasteiger partial charge in [-0.05, 0) is 69.1 Å². The zero-order valence-corrected chi connectivity index (χ0v) is 20.2. The zero-order chi connectivity index (χ0) is 23.7. The number of imidazole rings is 1. The standard InChI is InChI=1S/C25H32N6O2/c1-13(2)31(15(4)32)12-22(33)30(6)21-9-19-18(7-14(21)3)26-24(27-19)23-17-8-16-10-25(16,5)11-20(17)28-29-23/h7,9,13,16H,8,10-12H2,1-6H3,(H,26,27)(H,28,29)/t16-,25-/m1/s1. The number of aromatic amines is 2. The number of benzene rings is 1. The van der Waals surface area contributed by atoms with Crippen LogP contribution in [-0.4, -0.2) is 56.5 Å². The summed E-state index contributed by atoms with van der Waals surface area (Å²) >= 11 is 0. The Balaban J connectivity index is 1.43. The van der Waals surface area contributed by atoms with Crippen LogP contribution in [0.3, 0.4) is 0 Å². The molecule has 33 heavy (non-hydrogen) atoms. The van der Waals surface area contributed by atoms with Gasteiger partial charge in [-0.3, -0.25) is 14.7 Å². The van der Waals surface area contributed by atoms with E-state index in [0.29, 0.717) is 5.41 Å². The predicted octanol–water partition coefficient (Wildman–Crippen LogP) is 3.61. The molecule has 8 heteroatoms. The van der Waals surface area contributed by atoms with Crippen LogP contribution in [0.1, 0.15) is 50.9 Å². The number of hydrogen-bond donors (Lipinski definition) is 2. The largest absolute Gasteiger partial charge is 0.337 e. The minimum absolute atomic E-state index is 0.0365. The summed E-state index contributed by atoms with van der Waals surface area (Å²) in [6.07, 6.45) is 3.40. The molecule has 8 nitrogen and oxygen atoms in total. The lowest BCUT2D eigenvalue weighted by atomic mass is 9.88. The molecule has 0 saturated heterocycles. The highest BCUT2D eigenvalue weighted by Crippen LogP contribution is 2.59. The summed E-state index contributed by atoms with van der Waals surface area (Å²) in [5.74, 6) is 1.27. The first kappa shape index (κ1) is 21.7. The Kier molecular flexibility index (Phi) is 4.88. The number of anilines is 1. The number of rotatable bonds is 5. The number of nitrogens with one attached hydrogen (secondary N) is 2. The molecule has 2 heterocycles. The second-order valence-corrected chi connectivity index (χ2v) is 10.4. The Bertz CT molecular complexity index is 1270. The number of nitrogens with zero attached hydrogens (tertiary/aromatic N) is 4. The van der Waals surface area contributed by atoms with E-state index in [4.69, 9.17) is 4.98 Å². The average Bonchev–Trinajstić information content (AvgIpc) is 3.04. The molecular weight excluding hydrogens is 416 g/mol. The van der Waals surface area contributed by atoms with Crippen molar-refractivity contribution in [3.05, 3.63) is 29.0 Å². The number of fused-ring (bicyclic) bond motifs is 3. The lowest BCUT2D eigenvalue weighted by Gasteiger charge is -2.28. The van der Waals surface area contributed by atoms with E-state index in [0.717, 1.165) is 52.6 Å². The lowest BCUT2D eigenvalue weighted by molar-refractivity contribution is -0.135. The first-order valence-electron chi connectivity index (χ1n) is 11.7. The molecule has 0 radical (unpaired) electrons. The number of amides is 2. The Morgan fingerprint density at radius 1 is 1.30 bits per heavy atom. The summed E-state index contributed by atoms with van der Waals surface area (Å²) in [5.41, 5.74) is 7.35. The van der Waals surface area contributed by atoms with Gasteiger partial charge in [0, 0.05) is 37.0 Å². The van der Waals surface area contributed by atoms with Gasteiger partial charge in [-0.25, -0.2) is 4.98 Å². The number of likely N-dealkylation sites (N-methyl/N-ethyl adjacent to an activating group) is 1. The quantitative estimate of drug-likeness (QED) is 0.623. The molecule has 2 aliphatic rings. The van der Waals surface area contributed by atoms with E-state index in [1.165, 1.54) is 24.6 Å². The number of aryl methyl sites for hydroxylation is 1. The van der Waals surface area contributed by atoms with Crippen LogP contribution in [0, 0.1) is 18.3 Å². The number of aromatic nitrogens is 4. The third-order valence-electron chi connectivity index (χ3n) is 7.61. The van der Waals surface area contributed by atoms with Crippen LogP contribution in [0.15, 0.2) is 12.1 Å². The Hall–Kier alpha value is -3.16. The van der Waals surface area contributed by atoms with Crippen molar-refractivity contribution in [3.8, 4) is 11.5 Å². The Morgan fingerprint density at radius 2 is 2.06 bits per heavy atom. The molecule has 5 rings (SSSR count). The van der Waals surface area contributed by atoms with Crippen LogP contribution in [0.2, 0.25) is 0 Å². The minimum Gasteiger partial charge on any atom is -0.337 e. The van der Waals surface area contributed by atoms with Gasteiger partial charge in [0.2, 0.25) is 11.8 Å². The highest BCUT2D eigenvalue weighted by molar-refractivity contribution is 5.98. The van der Waals surface area contributed by atoms with Crippen LogP contribution < -0.4 is 4.90 Å². The molecule has 2 amide bonds. The maximum Gasteiger partial charge on any atom is 0.246 e. The molecule has 0 aliphatic heterocycles. The molecule has 0 bridgehead atoms. The number of carbonyl (C=O) groups is 2. The maximum absolute atomic E-state index is 13.0. The van der Waals surface area contributed by atoms with Crippen LogP contribution in [0.5, 0.6) is 0 Å². The Morgan fingerprint density at radius 3 is 2.76 bits per heavy atom. The molecule has 1 fully saturated rings. The van der Waals surface area contributed by atoms with Gasteiger partial charge in [-0.2, -0.15) is 5.10 Å². The van der Waals surface area contributed by atoms with E-state index in [9.17, 15) is 9.59 Å². The molecule has 1 saturated carbocycles. The molecule has 1 aromatic carbocycles. The smallest absolute Gasteiger partial charge is 0.246 e. The third-order valence-corrected chi connectivity index (χ3v) is 7.61. The monoisotopic (exact) mass is 448 g/mol. The van der Waals surface area contributed by atoms with E-state index in [2.05, 4.69) is 22.1 Å². The van der Waals surface area contributed by atoms with E-state index < -0.39 is 0 Å². The van der Waals surface area contributed by atoms with E-state index in [-0.39, 0.29) is 24.4 Å². The van der Waals surface area contributed by atoms with Gasteiger partial charge in [0.15, 0.2) is 5.82 Å². The molecule has 0 spiro atoms. The molecule has 2 aliphatic carbocycles. The van der Waals surface area contributed by atoms with Crippen molar-refractivity contribution in [2.75, 3.05) is 18.5 Å². The van der Waals surface area contributed by atoms with Crippen LogP contribution >= 0.6 is 0 Å². The average molecular weight is 449 g/mol. The lowest BCUT2D eigenvalue weighted by Crippen LogP contribution is -2.44. The van der Waals surface area contributed by atoms with Crippen molar-refractivity contribution in [2.45, 2.75) is 59.9 Å². The highest BCUT2D eigenvalue weighted by atomic mass is 16.2. The second kappa shape index (κ2) is 7.43. The predicted molar refractivity (Wildman–Crippen MR) is 128 cm³/mol. The molecule has 2 atom stereocenters. The summed E-state index contributed by atoms with van der Waals surface area (Å²) in [5, 5.41) is 7.85. The number of carbonyl (C=O) groups excluding carboxylic acids is 2. The number of hydrogen-bond acceptors (Lipinski definition) is 4. The normalized spacial score (nSPS) is 21.1. The summed E-state index contributed by atoms with van der Waals surface area (Å²) in [6, 6.07) is 3.92. The van der Waals surface area contributed by atoms with Gasteiger partial charge in [0.1, 0.15) is 12.2 Å². The fourth-order valence-electron chi connectivity index (χ4n) is 5.32. The van der Waals surface area contributed by atoms with Gasteiger partial charge in [0.05, 0.1) is 11.0 Å². The highest BCUT2D eigenvalue weighted by Gasteiger charge is 2.53. The first-order chi connectivity index (χ1) is 15.6. The molecule has 174 valence electrons. The topological polar surface area (TPSA) is 98.0 Å². The summed E-state index contributed by atoms with van der Waals surface area (Å²) in [6.45, 7) is 9.71. The van der Waals surface area contributed by atoms with Crippen molar-refractivity contribution in [3.63, 3.8) is 0 Å². The summed E-state index contributed by atoms with van der Waals surface area (Å²) in [7, 11) is 1.75. The number of H-pyrrole nitrogens is 2. The fraction of sp³-hybridized carbons (Fsp3) is 0.520. The summed E-state index contributed by atoms with van der Waals surface area (Å²) in [4.78, 5) is 36.3. The minimum atomic E-state index is -0.133.